The van der Waals surface area contributed by atoms with Crippen LogP contribution in [0.25, 0.3) is 0 Å². The highest BCUT2D eigenvalue weighted by molar-refractivity contribution is 5.69. The van der Waals surface area contributed by atoms with Gasteiger partial charge in [-0.2, -0.15) is 0 Å². The SMILES string of the molecule is CCCCCCCCC(CCCCCCCC)OC(=O)CCCCCCCN(CCO)CCCCCCCCCC(=O)OCCCCCCC. The lowest BCUT2D eigenvalue weighted by Crippen LogP contribution is -2.29. The molecule has 0 aliphatic rings. The summed E-state index contributed by atoms with van der Waals surface area (Å²) in [4.78, 5) is 27.0. The highest BCUT2D eigenvalue weighted by Gasteiger charge is 2.14. The van der Waals surface area contributed by atoms with Gasteiger partial charge in [-0.3, -0.25) is 9.59 Å². The van der Waals surface area contributed by atoms with E-state index >= 15 is 0 Å². The van der Waals surface area contributed by atoms with Gasteiger partial charge in [0.25, 0.3) is 0 Å². The van der Waals surface area contributed by atoms with E-state index in [0.29, 0.717) is 19.4 Å². The Balaban J connectivity index is 3.92. The Hall–Kier alpha value is -1.14. The topological polar surface area (TPSA) is 76.1 Å². The molecule has 0 aromatic rings. The van der Waals surface area contributed by atoms with Crippen LogP contribution in [0, 0.1) is 0 Å². The lowest BCUT2D eigenvalue weighted by molar-refractivity contribution is -0.150. The number of aliphatic hydroxyl groups is 1. The Bertz CT molecular complexity index is 686. The molecule has 0 amide bonds. The predicted molar refractivity (Wildman–Crippen MR) is 214 cm³/mol. The third kappa shape index (κ3) is 36.6. The van der Waals surface area contributed by atoms with Gasteiger partial charge in [-0.05, 0) is 70.9 Å². The van der Waals surface area contributed by atoms with Crippen molar-refractivity contribution in [3.8, 4) is 0 Å². The Labute approximate surface area is 312 Å². The van der Waals surface area contributed by atoms with Crippen molar-refractivity contribution in [1.29, 1.82) is 0 Å². The largest absolute Gasteiger partial charge is 0.466 e. The van der Waals surface area contributed by atoms with Crippen molar-refractivity contribution in [2.24, 2.45) is 0 Å². The summed E-state index contributed by atoms with van der Waals surface area (Å²) in [5.74, 6) is -0.00450. The van der Waals surface area contributed by atoms with Crippen molar-refractivity contribution < 1.29 is 24.2 Å². The molecule has 0 aromatic carbocycles. The van der Waals surface area contributed by atoms with Crippen LogP contribution in [-0.4, -0.2) is 60.9 Å². The number of hydrogen-bond acceptors (Lipinski definition) is 6. The molecule has 0 unspecified atom stereocenters. The molecule has 0 heterocycles. The Morgan fingerprint density at radius 3 is 1.30 bits per heavy atom. The number of rotatable bonds is 41. The fraction of sp³-hybridized carbons (Fsp3) is 0.955. The zero-order valence-electron chi connectivity index (χ0n) is 34.0. The second kappa shape index (κ2) is 40.6. The molecule has 0 saturated carbocycles. The molecule has 6 nitrogen and oxygen atoms in total. The highest BCUT2D eigenvalue weighted by Crippen LogP contribution is 2.18. The molecular weight excluding hydrogens is 622 g/mol. The predicted octanol–water partition coefficient (Wildman–Crippen LogP) is 12.7. The summed E-state index contributed by atoms with van der Waals surface area (Å²) in [6.45, 7) is 10.4. The van der Waals surface area contributed by atoms with Crippen LogP contribution >= 0.6 is 0 Å². The molecule has 0 bridgehead atoms. The summed E-state index contributed by atoms with van der Waals surface area (Å²) in [7, 11) is 0. The normalized spacial score (nSPS) is 11.6. The Kier molecular flexibility index (Phi) is 39.7. The number of esters is 2. The van der Waals surface area contributed by atoms with E-state index in [1.807, 2.05) is 0 Å². The van der Waals surface area contributed by atoms with Crippen LogP contribution in [0.3, 0.4) is 0 Å². The first-order valence-corrected chi connectivity index (χ1v) is 22.3. The average Bonchev–Trinajstić information content (AvgIpc) is 3.11. The van der Waals surface area contributed by atoms with Gasteiger partial charge in [0.1, 0.15) is 6.10 Å². The molecule has 0 saturated heterocycles. The molecule has 0 aliphatic carbocycles. The Morgan fingerprint density at radius 1 is 0.460 bits per heavy atom. The maximum absolute atomic E-state index is 12.7. The molecular formula is C44H87NO5. The molecule has 0 atom stereocenters. The van der Waals surface area contributed by atoms with Crippen molar-refractivity contribution in [1.82, 2.24) is 4.90 Å². The molecule has 0 radical (unpaired) electrons. The summed E-state index contributed by atoms with van der Waals surface area (Å²) < 4.78 is 11.4. The van der Waals surface area contributed by atoms with Gasteiger partial charge in [0.15, 0.2) is 0 Å². The molecule has 0 aliphatic heterocycles. The maximum atomic E-state index is 12.7. The van der Waals surface area contributed by atoms with Gasteiger partial charge in [-0.25, -0.2) is 0 Å². The summed E-state index contributed by atoms with van der Waals surface area (Å²) in [6, 6.07) is 0. The third-order valence-corrected chi connectivity index (χ3v) is 10.2. The average molecular weight is 710 g/mol. The highest BCUT2D eigenvalue weighted by atomic mass is 16.5. The number of aliphatic hydroxyl groups excluding tert-OH is 1. The molecule has 298 valence electrons. The van der Waals surface area contributed by atoms with E-state index in [2.05, 4.69) is 25.7 Å². The minimum atomic E-state index is -0.0226. The fourth-order valence-corrected chi connectivity index (χ4v) is 6.88. The maximum Gasteiger partial charge on any atom is 0.306 e. The van der Waals surface area contributed by atoms with Crippen LogP contribution in [0.2, 0.25) is 0 Å². The van der Waals surface area contributed by atoms with E-state index in [4.69, 9.17) is 9.47 Å². The lowest BCUT2D eigenvalue weighted by Gasteiger charge is -2.21. The standard InChI is InChI=1S/C44H87NO5/c1-4-7-10-13-19-26-33-42(34-27-20-14-11-8-5-2)50-44(48)36-29-22-18-24-31-38-45(39-40-46)37-30-23-17-15-16-21-28-35-43(47)49-41-32-25-12-9-6-3/h42,46H,4-41H2,1-3H3. The third-order valence-electron chi connectivity index (χ3n) is 10.2. The first kappa shape index (κ1) is 48.9. The first-order valence-electron chi connectivity index (χ1n) is 22.3. The van der Waals surface area contributed by atoms with Gasteiger partial charge in [-0.1, -0.05) is 162 Å². The van der Waals surface area contributed by atoms with Crippen LogP contribution in [0.5, 0.6) is 0 Å². The molecule has 6 heteroatoms. The van der Waals surface area contributed by atoms with Crippen molar-refractivity contribution in [2.75, 3.05) is 32.8 Å². The number of nitrogens with zero attached hydrogens (tertiary/aromatic N) is 1. The van der Waals surface area contributed by atoms with Gasteiger partial charge in [0.05, 0.1) is 13.2 Å². The van der Waals surface area contributed by atoms with E-state index < -0.39 is 0 Å². The molecule has 0 spiro atoms. The van der Waals surface area contributed by atoms with E-state index in [0.717, 1.165) is 77.4 Å². The quantitative estimate of drug-likeness (QED) is 0.0503. The summed E-state index contributed by atoms with van der Waals surface area (Å²) >= 11 is 0. The van der Waals surface area contributed by atoms with Gasteiger partial charge in [-0.15, -0.1) is 0 Å². The minimum Gasteiger partial charge on any atom is -0.466 e. The number of carbonyl (C=O) groups is 2. The summed E-state index contributed by atoms with van der Waals surface area (Å²) in [6.07, 6.45) is 38.4. The molecule has 1 N–H and O–H groups in total. The molecule has 0 aromatic heterocycles. The van der Waals surface area contributed by atoms with Crippen LogP contribution in [0.15, 0.2) is 0 Å². The first-order chi connectivity index (χ1) is 24.6. The van der Waals surface area contributed by atoms with Crippen molar-refractivity contribution in [3.05, 3.63) is 0 Å². The second-order valence-corrected chi connectivity index (χ2v) is 15.2. The van der Waals surface area contributed by atoms with Crippen LogP contribution in [0.1, 0.15) is 233 Å². The van der Waals surface area contributed by atoms with Crippen LogP contribution < -0.4 is 0 Å². The Morgan fingerprint density at radius 2 is 0.840 bits per heavy atom. The molecule has 0 fully saturated rings. The second-order valence-electron chi connectivity index (χ2n) is 15.2. The van der Waals surface area contributed by atoms with Crippen LogP contribution in [0.4, 0.5) is 0 Å². The monoisotopic (exact) mass is 710 g/mol. The van der Waals surface area contributed by atoms with Crippen molar-refractivity contribution in [3.63, 3.8) is 0 Å². The van der Waals surface area contributed by atoms with Gasteiger partial charge in [0.2, 0.25) is 0 Å². The van der Waals surface area contributed by atoms with E-state index in [9.17, 15) is 14.7 Å². The number of hydrogen-bond donors (Lipinski definition) is 1. The number of ether oxygens (including phenoxy) is 2. The summed E-state index contributed by atoms with van der Waals surface area (Å²) in [5.41, 5.74) is 0. The van der Waals surface area contributed by atoms with Crippen molar-refractivity contribution >= 4 is 11.9 Å². The van der Waals surface area contributed by atoms with Gasteiger partial charge in [0, 0.05) is 19.4 Å². The lowest BCUT2D eigenvalue weighted by atomic mass is 10.0. The smallest absolute Gasteiger partial charge is 0.306 e. The zero-order chi connectivity index (χ0) is 36.6. The number of unbranched alkanes of at least 4 members (excludes halogenated alkanes) is 24. The van der Waals surface area contributed by atoms with E-state index in [-0.39, 0.29) is 24.6 Å². The summed E-state index contributed by atoms with van der Waals surface area (Å²) in [5, 5.41) is 9.54. The zero-order valence-corrected chi connectivity index (χ0v) is 34.0. The van der Waals surface area contributed by atoms with Crippen LogP contribution in [-0.2, 0) is 19.1 Å². The number of carbonyl (C=O) groups excluding carboxylic acids is 2. The van der Waals surface area contributed by atoms with Gasteiger partial charge < -0.3 is 19.5 Å². The molecule has 50 heavy (non-hydrogen) atoms. The van der Waals surface area contributed by atoms with E-state index in [1.165, 1.54) is 141 Å². The fourth-order valence-electron chi connectivity index (χ4n) is 6.88. The van der Waals surface area contributed by atoms with E-state index in [1.54, 1.807) is 0 Å². The molecule has 0 rings (SSSR count). The van der Waals surface area contributed by atoms with Crippen molar-refractivity contribution in [2.45, 2.75) is 239 Å². The van der Waals surface area contributed by atoms with Gasteiger partial charge >= 0.3 is 11.9 Å². The minimum absolute atomic E-state index is 0.0181.